The molecule has 78 valence electrons. The monoisotopic (exact) mass is 222 g/mol. The lowest BCUT2D eigenvalue weighted by Crippen LogP contribution is -2.57. The zero-order valence-electron chi connectivity index (χ0n) is 8.64. The standard InChI is InChI=1S/C8H12B2O4Si/c1-15(2)8-6(9(11)12)4-3-5-7(8)10(13)14-15/h3-5,11-13H,1-2H3. The summed E-state index contributed by atoms with van der Waals surface area (Å²) < 4.78 is 5.48. The molecule has 1 aliphatic rings. The zero-order valence-corrected chi connectivity index (χ0v) is 9.64. The number of benzene rings is 1. The Kier molecular flexibility index (Phi) is 2.52. The summed E-state index contributed by atoms with van der Waals surface area (Å²) in [7, 11) is -4.64. The van der Waals surface area contributed by atoms with E-state index in [1.54, 1.807) is 18.2 Å². The van der Waals surface area contributed by atoms with Gasteiger partial charge in [-0.3, -0.25) is 0 Å². The van der Waals surface area contributed by atoms with Crippen LogP contribution in [0, 0.1) is 0 Å². The topological polar surface area (TPSA) is 69.9 Å². The van der Waals surface area contributed by atoms with Crippen LogP contribution in [0.3, 0.4) is 0 Å². The molecular formula is C8H12B2O4Si. The summed E-state index contributed by atoms with van der Waals surface area (Å²) in [4.78, 5) is 0. The number of rotatable bonds is 1. The van der Waals surface area contributed by atoms with Gasteiger partial charge in [-0.15, -0.1) is 0 Å². The average molecular weight is 222 g/mol. The summed E-state index contributed by atoms with van der Waals surface area (Å²) in [6.07, 6.45) is 0. The Hall–Kier alpha value is -0.593. The maximum atomic E-state index is 9.67. The lowest BCUT2D eigenvalue weighted by molar-refractivity contribution is 0.425. The second-order valence-corrected chi connectivity index (χ2v) is 7.92. The molecule has 0 bridgehead atoms. The van der Waals surface area contributed by atoms with Gasteiger partial charge in [-0.1, -0.05) is 18.2 Å². The van der Waals surface area contributed by atoms with Crippen molar-refractivity contribution in [2.75, 3.05) is 0 Å². The van der Waals surface area contributed by atoms with Gasteiger partial charge in [0.15, 0.2) is 0 Å². The zero-order chi connectivity index (χ0) is 11.2. The van der Waals surface area contributed by atoms with Crippen molar-refractivity contribution in [2.45, 2.75) is 13.1 Å². The molecule has 0 fully saturated rings. The molecule has 0 spiro atoms. The minimum atomic E-state index is -2.20. The van der Waals surface area contributed by atoms with Crippen molar-refractivity contribution in [1.82, 2.24) is 0 Å². The molecule has 0 radical (unpaired) electrons. The highest BCUT2D eigenvalue weighted by atomic mass is 28.4. The van der Waals surface area contributed by atoms with Gasteiger partial charge in [0.05, 0.1) is 0 Å². The van der Waals surface area contributed by atoms with Crippen LogP contribution in [0.5, 0.6) is 0 Å². The van der Waals surface area contributed by atoms with Gasteiger partial charge in [0.1, 0.15) is 0 Å². The van der Waals surface area contributed by atoms with E-state index in [0.717, 1.165) is 5.19 Å². The molecule has 1 aliphatic heterocycles. The summed E-state index contributed by atoms with van der Waals surface area (Å²) in [6, 6.07) is 5.10. The van der Waals surface area contributed by atoms with Crippen LogP contribution < -0.4 is 16.1 Å². The van der Waals surface area contributed by atoms with Crippen molar-refractivity contribution in [1.29, 1.82) is 0 Å². The highest BCUT2D eigenvalue weighted by molar-refractivity contribution is 7.00. The predicted molar refractivity (Wildman–Crippen MR) is 62.1 cm³/mol. The van der Waals surface area contributed by atoms with Crippen LogP contribution in [0.15, 0.2) is 18.2 Å². The first-order valence-electron chi connectivity index (χ1n) is 4.79. The van der Waals surface area contributed by atoms with Crippen LogP contribution in [-0.2, 0) is 4.34 Å². The molecule has 15 heavy (non-hydrogen) atoms. The molecule has 0 saturated carbocycles. The third kappa shape index (κ3) is 1.66. The second-order valence-electron chi connectivity index (χ2n) is 4.17. The van der Waals surface area contributed by atoms with Crippen molar-refractivity contribution >= 4 is 38.7 Å². The fraction of sp³-hybridized carbons (Fsp3) is 0.250. The van der Waals surface area contributed by atoms with Crippen LogP contribution in [-0.4, -0.2) is 37.6 Å². The molecule has 1 aromatic carbocycles. The quantitative estimate of drug-likeness (QED) is 0.459. The van der Waals surface area contributed by atoms with Crippen molar-refractivity contribution in [3.8, 4) is 0 Å². The molecular weight excluding hydrogens is 210 g/mol. The highest BCUT2D eigenvalue weighted by Gasteiger charge is 2.45. The molecule has 3 N–H and O–H groups in total. The van der Waals surface area contributed by atoms with Crippen molar-refractivity contribution in [3.63, 3.8) is 0 Å². The Morgan fingerprint density at radius 3 is 2.60 bits per heavy atom. The van der Waals surface area contributed by atoms with Gasteiger partial charge in [-0.2, -0.15) is 0 Å². The number of hydrogen-bond acceptors (Lipinski definition) is 4. The lowest BCUT2D eigenvalue weighted by atomic mass is 9.73. The summed E-state index contributed by atoms with van der Waals surface area (Å²) in [5.74, 6) is 0. The van der Waals surface area contributed by atoms with Crippen LogP contribution in [0.1, 0.15) is 0 Å². The first-order valence-corrected chi connectivity index (χ1v) is 7.69. The highest BCUT2D eigenvalue weighted by Crippen LogP contribution is 2.11. The van der Waals surface area contributed by atoms with Gasteiger partial charge >= 0.3 is 14.2 Å². The molecule has 0 unspecified atom stereocenters. The Bertz CT molecular complexity index is 396. The Morgan fingerprint density at radius 1 is 1.33 bits per heavy atom. The Balaban J connectivity index is 2.64. The molecule has 1 aromatic rings. The normalized spacial score (nSPS) is 17.8. The van der Waals surface area contributed by atoms with E-state index in [4.69, 9.17) is 4.34 Å². The van der Waals surface area contributed by atoms with Crippen LogP contribution in [0.4, 0.5) is 0 Å². The maximum Gasteiger partial charge on any atom is 0.488 e. The molecule has 0 aliphatic carbocycles. The van der Waals surface area contributed by atoms with Gasteiger partial charge in [0, 0.05) is 0 Å². The van der Waals surface area contributed by atoms with Crippen molar-refractivity contribution in [3.05, 3.63) is 18.2 Å². The van der Waals surface area contributed by atoms with E-state index in [2.05, 4.69) is 0 Å². The van der Waals surface area contributed by atoms with Crippen molar-refractivity contribution in [2.24, 2.45) is 0 Å². The minimum absolute atomic E-state index is 0.445. The van der Waals surface area contributed by atoms with E-state index in [1.807, 2.05) is 13.1 Å². The number of fused-ring (bicyclic) bond motifs is 1. The van der Waals surface area contributed by atoms with Crippen LogP contribution in [0.2, 0.25) is 13.1 Å². The van der Waals surface area contributed by atoms with Gasteiger partial charge < -0.3 is 19.4 Å². The van der Waals surface area contributed by atoms with Crippen molar-refractivity contribution < 1.29 is 19.4 Å². The maximum absolute atomic E-state index is 9.67. The fourth-order valence-electron chi connectivity index (χ4n) is 2.11. The molecule has 1 heterocycles. The molecule has 0 atom stereocenters. The minimum Gasteiger partial charge on any atom is -0.446 e. The first-order chi connectivity index (χ1) is 6.93. The summed E-state index contributed by atoms with van der Waals surface area (Å²) in [5, 5.41) is 29.0. The average Bonchev–Trinajstić information content (AvgIpc) is 2.37. The van der Waals surface area contributed by atoms with Crippen LogP contribution >= 0.6 is 0 Å². The molecule has 7 heteroatoms. The van der Waals surface area contributed by atoms with Gasteiger partial charge in [-0.25, -0.2) is 0 Å². The van der Waals surface area contributed by atoms with Gasteiger partial charge in [0.2, 0.25) is 8.32 Å². The molecule has 0 aromatic heterocycles. The molecule has 4 nitrogen and oxygen atoms in total. The van der Waals surface area contributed by atoms with E-state index in [1.165, 1.54) is 0 Å². The van der Waals surface area contributed by atoms with E-state index in [9.17, 15) is 15.1 Å². The second kappa shape index (κ2) is 3.46. The smallest absolute Gasteiger partial charge is 0.446 e. The third-order valence-corrected chi connectivity index (χ3v) is 5.28. The molecule has 0 saturated heterocycles. The third-order valence-electron chi connectivity index (χ3n) is 2.68. The Morgan fingerprint density at radius 2 is 2.00 bits per heavy atom. The van der Waals surface area contributed by atoms with Gasteiger partial charge in [0.25, 0.3) is 0 Å². The van der Waals surface area contributed by atoms with E-state index in [-0.39, 0.29) is 0 Å². The predicted octanol–water partition coefficient (Wildman–Crippen LogP) is -2.50. The fourth-order valence-corrected chi connectivity index (χ4v) is 4.72. The first kappa shape index (κ1) is 10.9. The largest absolute Gasteiger partial charge is 0.488 e. The van der Waals surface area contributed by atoms with Gasteiger partial charge in [-0.05, 0) is 29.2 Å². The summed E-state index contributed by atoms with van der Waals surface area (Å²) in [5.41, 5.74) is 1.11. The van der Waals surface area contributed by atoms with E-state index < -0.39 is 22.6 Å². The summed E-state index contributed by atoms with van der Waals surface area (Å²) in [6.45, 7) is 3.85. The molecule has 0 amide bonds. The van der Waals surface area contributed by atoms with E-state index in [0.29, 0.717) is 10.9 Å². The van der Waals surface area contributed by atoms with E-state index >= 15 is 0 Å². The van der Waals surface area contributed by atoms with Crippen LogP contribution in [0.25, 0.3) is 0 Å². The SMILES string of the molecule is C[Si]1(C)OB(O)c2cccc(B(O)O)c21. The molecule has 2 rings (SSSR count). The summed E-state index contributed by atoms with van der Waals surface area (Å²) >= 11 is 0. The lowest BCUT2D eigenvalue weighted by Gasteiger charge is -2.19. The Labute approximate surface area is 89.9 Å². The number of hydrogen-bond donors (Lipinski definition) is 3.